The van der Waals surface area contributed by atoms with Crippen LogP contribution in [0.15, 0.2) is 60.9 Å². The van der Waals surface area contributed by atoms with Crippen LogP contribution in [0.25, 0.3) is 5.69 Å². The highest BCUT2D eigenvalue weighted by Crippen LogP contribution is 2.29. The normalized spacial score (nSPS) is 12.3. The molecule has 1 atom stereocenters. The first-order chi connectivity index (χ1) is 10.1. The topological polar surface area (TPSA) is 17.8 Å². The number of hydrogen-bond acceptors (Lipinski definition) is 1. The van der Waals surface area contributed by atoms with E-state index in [1.54, 1.807) is 17.1 Å². The molecule has 3 aromatic rings. The molecule has 0 bridgehead atoms. The van der Waals surface area contributed by atoms with Gasteiger partial charge in [-0.2, -0.15) is 5.10 Å². The monoisotopic (exact) mass is 304 g/mol. The Hall–Kier alpha value is -2.20. The van der Waals surface area contributed by atoms with Crippen LogP contribution in [-0.4, -0.2) is 9.78 Å². The summed E-state index contributed by atoms with van der Waals surface area (Å²) in [4.78, 5) is 0. The van der Waals surface area contributed by atoms with Crippen LogP contribution in [0.2, 0.25) is 0 Å². The summed E-state index contributed by atoms with van der Waals surface area (Å²) in [5.74, 6) is -1.29. The Balaban J connectivity index is 1.92. The molecule has 0 spiro atoms. The first kappa shape index (κ1) is 13.8. The Kier molecular flexibility index (Phi) is 3.71. The highest BCUT2D eigenvalue weighted by atomic mass is 35.5. The number of aromatic nitrogens is 2. The lowest BCUT2D eigenvalue weighted by molar-refractivity contribution is 0.580. The minimum absolute atomic E-state index is 0.363. The van der Waals surface area contributed by atoms with Gasteiger partial charge >= 0.3 is 0 Å². The highest BCUT2D eigenvalue weighted by Gasteiger charge is 2.15. The number of para-hydroxylation sites is 1. The maximum atomic E-state index is 13.3. The molecule has 0 saturated carbocycles. The average molecular weight is 305 g/mol. The van der Waals surface area contributed by atoms with Gasteiger partial charge in [0.2, 0.25) is 0 Å². The van der Waals surface area contributed by atoms with E-state index in [0.29, 0.717) is 11.1 Å². The second-order valence-electron chi connectivity index (χ2n) is 4.62. The third-order valence-electron chi connectivity index (χ3n) is 3.09. The molecule has 3 rings (SSSR count). The number of hydrogen-bond donors (Lipinski definition) is 0. The van der Waals surface area contributed by atoms with Crippen LogP contribution in [0.1, 0.15) is 16.5 Å². The lowest BCUT2D eigenvalue weighted by Crippen LogP contribution is -1.95. The van der Waals surface area contributed by atoms with Gasteiger partial charge in [0.05, 0.1) is 17.3 Å². The van der Waals surface area contributed by atoms with E-state index < -0.39 is 17.0 Å². The number of nitrogens with zero attached hydrogens (tertiary/aromatic N) is 2. The molecule has 21 heavy (non-hydrogen) atoms. The molecule has 0 aliphatic carbocycles. The molecule has 0 amide bonds. The SMILES string of the molecule is Fc1cc(F)cc(C(Cl)c2cnn(-c3ccccc3)c2)c1. The van der Waals surface area contributed by atoms with Crippen LogP contribution >= 0.6 is 11.6 Å². The highest BCUT2D eigenvalue weighted by molar-refractivity contribution is 6.22. The third-order valence-corrected chi connectivity index (χ3v) is 3.60. The van der Waals surface area contributed by atoms with Crippen molar-refractivity contribution in [2.24, 2.45) is 0 Å². The largest absolute Gasteiger partial charge is 0.241 e. The number of halogens is 3. The van der Waals surface area contributed by atoms with E-state index in [-0.39, 0.29) is 0 Å². The Morgan fingerprint density at radius 2 is 1.62 bits per heavy atom. The van der Waals surface area contributed by atoms with Crippen molar-refractivity contribution >= 4 is 11.6 Å². The summed E-state index contributed by atoms with van der Waals surface area (Å²) >= 11 is 6.29. The maximum absolute atomic E-state index is 13.3. The number of alkyl halides is 1. The molecule has 2 nitrogen and oxygen atoms in total. The van der Waals surface area contributed by atoms with Gasteiger partial charge in [0.1, 0.15) is 11.6 Å². The summed E-state index contributed by atoms with van der Waals surface area (Å²) in [5.41, 5.74) is 1.92. The van der Waals surface area contributed by atoms with E-state index >= 15 is 0 Å². The average Bonchev–Trinajstić information content (AvgIpc) is 2.96. The first-order valence-electron chi connectivity index (χ1n) is 6.33. The Morgan fingerprint density at radius 3 is 2.29 bits per heavy atom. The molecule has 0 aliphatic rings. The van der Waals surface area contributed by atoms with Crippen molar-refractivity contribution in [3.05, 3.63) is 83.7 Å². The number of rotatable bonds is 3. The van der Waals surface area contributed by atoms with E-state index in [1.807, 2.05) is 30.3 Å². The lowest BCUT2D eigenvalue weighted by Gasteiger charge is -2.08. The third kappa shape index (κ3) is 2.95. The fraction of sp³-hybridized carbons (Fsp3) is 0.0625. The van der Waals surface area contributed by atoms with Crippen LogP contribution < -0.4 is 0 Å². The van der Waals surface area contributed by atoms with Crippen molar-refractivity contribution in [3.63, 3.8) is 0 Å². The molecule has 106 valence electrons. The van der Waals surface area contributed by atoms with Gasteiger partial charge in [-0.15, -0.1) is 11.6 Å². The van der Waals surface area contributed by atoms with E-state index in [0.717, 1.165) is 11.8 Å². The molecule has 0 radical (unpaired) electrons. The van der Waals surface area contributed by atoms with E-state index in [4.69, 9.17) is 11.6 Å². The quantitative estimate of drug-likeness (QED) is 0.652. The molecule has 0 saturated heterocycles. The van der Waals surface area contributed by atoms with Crippen molar-refractivity contribution in [1.82, 2.24) is 9.78 Å². The molecule has 0 aliphatic heterocycles. The Labute approximate surface area is 125 Å². The molecule has 0 N–H and O–H groups in total. The van der Waals surface area contributed by atoms with E-state index in [1.165, 1.54) is 12.1 Å². The fourth-order valence-electron chi connectivity index (χ4n) is 2.10. The van der Waals surface area contributed by atoms with E-state index in [9.17, 15) is 8.78 Å². The zero-order valence-electron chi connectivity index (χ0n) is 10.9. The van der Waals surface area contributed by atoms with Crippen molar-refractivity contribution < 1.29 is 8.78 Å². The van der Waals surface area contributed by atoms with Crippen LogP contribution in [0.3, 0.4) is 0 Å². The molecule has 1 unspecified atom stereocenters. The standard InChI is InChI=1S/C16H11ClF2N2/c17-16(11-6-13(18)8-14(19)7-11)12-9-20-21(10-12)15-4-2-1-3-5-15/h1-10,16H. The molecule has 0 fully saturated rings. The van der Waals surface area contributed by atoms with Crippen molar-refractivity contribution in [2.45, 2.75) is 5.38 Å². The zero-order chi connectivity index (χ0) is 14.8. The molecular weight excluding hydrogens is 294 g/mol. The van der Waals surface area contributed by atoms with Gasteiger partial charge in [0.25, 0.3) is 0 Å². The summed E-state index contributed by atoms with van der Waals surface area (Å²) in [6.07, 6.45) is 3.34. The Morgan fingerprint density at radius 1 is 0.952 bits per heavy atom. The van der Waals surface area contributed by atoms with Gasteiger partial charge in [-0.1, -0.05) is 18.2 Å². The first-order valence-corrected chi connectivity index (χ1v) is 6.77. The smallest absolute Gasteiger partial charge is 0.126 e. The summed E-state index contributed by atoms with van der Waals surface area (Å²) in [6.45, 7) is 0. The second-order valence-corrected chi connectivity index (χ2v) is 5.06. The van der Waals surface area contributed by atoms with Crippen LogP contribution in [0, 0.1) is 11.6 Å². The number of benzene rings is 2. The molecule has 5 heteroatoms. The second kappa shape index (κ2) is 5.66. The summed E-state index contributed by atoms with van der Waals surface area (Å²) in [7, 11) is 0. The van der Waals surface area contributed by atoms with Gasteiger partial charge in [-0.05, 0) is 29.8 Å². The minimum atomic E-state index is -0.660. The molecule has 2 aromatic carbocycles. The van der Waals surface area contributed by atoms with Crippen molar-refractivity contribution in [3.8, 4) is 5.69 Å². The lowest BCUT2D eigenvalue weighted by atomic mass is 10.1. The summed E-state index contributed by atoms with van der Waals surface area (Å²) in [5, 5.41) is 3.56. The van der Waals surface area contributed by atoms with Crippen LogP contribution in [0.4, 0.5) is 8.78 Å². The minimum Gasteiger partial charge on any atom is -0.241 e. The molecule has 1 aromatic heterocycles. The van der Waals surface area contributed by atoms with Crippen LogP contribution in [0.5, 0.6) is 0 Å². The maximum Gasteiger partial charge on any atom is 0.126 e. The summed E-state index contributed by atoms with van der Waals surface area (Å²) in [6, 6.07) is 12.8. The zero-order valence-corrected chi connectivity index (χ0v) is 11.6. The summed E-state index contributed by atoms with van der Waals surface area (Å²) < 4.78 is 28.2. The van der Waals surface area contributed by atoms with Gasteiger partial charge in [-0.3, -0.25) is 0 Å². The van der Waals surface area contributed by atoms with Crippen molar-refractivity contribution in [2.75, 3.05) is 0 Å². The Bertz CT molecular complexity index is 736. The molecular formula is C16H11ClF2N2. The van der Waals surface area contributed by atoms with Gasteiger partial charge in [0, 0.05) is 17.8 Å². The van der Waals surface area contributed by atoms with E-state index in [2.05, 4.69) is 5.10 Å². The molecule has 1 heterocycles. The van der Waals surface area contributed by atoms with Gasteiger partial charge in [-0.25, -0.2) is 13.5 Å². The predicted molar refractivity (Wildman–Crippen MR) is 77.6 cm³/mol. The predicted octanol–water partition coefficient (Wildman–Crippen LogP) is 4.48. The van der Waals surface area contributed by atoms with Gasteiger partial charge < -0.3 is 0 Å². The fourth-order valence-corrected chi connectivity index (χ4v) is 2.34. The van der Waals surface area contributed by atoms with Crippen molar-refractivity contribution in [1.29, 1.82) is 0 Å². The van der Waals surface area contributed by atoms with Gasteiger partial charge in [0.15, 0.2) is 0 Å². The van der Waals surface area contributed by atoms with Crippen LogP contribution in [-0.2, 0) is 0 Å².